The molecular formula is C49H80S2. The van der Waals surface area contributed by atoms with Crippen molar-refractivity contribution in [3.8, 4) is 0 Å². The molecule has 1 aliphatic rings. The number of thiocarbonyl (C=S) groups is 1. The standard InChI is InChI=1S/C12H16S.C10H14S.C10H14.C10H20.C5H10.C2H6/c1-4-11(9-13-3)12-8-6-5-7-10(12)2;1-9(11)7-8-10-5-3-2-4-6-10;1-3-9-5-7-10(4-2)8-6-9;1-5-7-10(8-6-2)9(3)4;1-4-5(2)3;1-2/h5-9H,4H2,1-3H3;3,5-6H,2,4,7-8H2,1H3;5-8H,3-4H2,1-2H3;10H,3,5-8H2,1-2,4H3;2,4H2,1,3H3;1-2H3/b11-9-;;;;;. The van der Waals surface area contributed by atoms with E-state index in [1.54, 1.807) is 11.8 Å². The van der Waals surface area contributed by atoms with Crippen molar-refractivity contribution in [1.29, 1.82) is 0 Å². The lowest BCUT2D eigenvalue weighted by molar-refractivity contribution is 0.505. The number of benzene rings is 2. The predicted octanol–water partition coefficient (Wildman–Crippen LogP) is 17.1. The first-order valence-electron chi connectivity index (χ1n) is 19.9. The molecule has 0 unspecified atom stereocenters. The molecule has 0 bridgehead atoms. The van der Waals surface area contributed by atoms with E-state index >= 15 is 0 Å². The minimum absolute atomic E-state index is 0.787. The molecule has 0 fully saturated rings. The molecule has 0 radical (unpaired) electrons. The highest BCUT2D eigenvalue weighted by Crippen LogP contribution is 2.23. The molecule has 0 spiro atoms. The van der Waals surface area contributed by atoms with E-state index in [9.17, 15) is 0 Å². The van der Waals surface area contributed by atoms with E-state index in [-0.39, 0.29) is 0 Å². The van der Waals surface area contributed by atoms with Gasteiger partial charge in [-0.05, 0) is 142 Å². The normalized spacial score (nSPS) is 11.3. The van der Waals surface area contributed by atoms with E-state index in [4.69, 9.17) is 12.2 Å². The van der Waals surface area contributed by atoms with Gasteiger partial charge in [0.25, 0.3) is 0 Å². The highest BCUT2D eigenvalue weighted by molar-refractivity contribution is 8.01. The second kappa shape index (κ2) is 37.3. The summed E-state index contributed by atoms with van der Waals surface area (Å²) in [5.74, 6) is 0.787. The molecule has 0 saturated heterocycles. The average Bonchev–Trinajstić information content (AvgIpc) is 3.15. The van der Waals surface area contributed by atoms with E-state index in [1.807, 2.05) is 27.7 Å². The Labute approximate surface area is 329 Å². The van der Waals surface area contributed by atoms with Crippen LogP contribution in [-0.4, -0.2) is 11.1 Å². The Morgan fingerprint density at radius 2 is 1.31 bits per heavy atom. The van der Waals surface area contributed by atoms with Crippen molar-refractivity contribution in [2.24, 2.45) is 5.92 Å². The van der Waals surface area contributed by atoms with Crippen LogP contribution in [0.1, 0.15) is 163 Å². The van der Waals surface area contributed by atoms with Crippen LogP contribution in [0.5, 0.6) is 0 Å². The van der Waals surface area contributed by atoms with Gasteiger partial charge < -0.3 is 0 Å². The summed E-state index contributed by atoms with van der Waals surface area (Å²) in [7, 11) is 0. The molecule has 0 N–H and O–H groups in total. The molecule has 0 atom stereocenters. The summed E-state index contributed by atoms with van der Waals surface area (Å²) in [6.45, 7) is 33.2. The zero-order valence-corrected chi connectivity index (χ0v) is 37.4. The minimum Gasteiger partial charge on any atom is -0.137 e. The van der Waals surface area contributed by atoms with Crippen molar-refractivity contribution >= 4 is 34.4 Å². The second-order valence-electron chi connectivity index (χ2n) is 13.0. The zero-order chi connectivity index (χ0) is 39.5. The molecule has 0 saturated carbocycles. The lowest BCUT2D eigenvalue weighted by Crippen LogP contribution is -1.99. The first-order valence-corrected chi connectivity index (χ1v) is 21.6. The topological polar surface area (TPSA) is 0 Å². The molecule has 0 aliphatic heterocycles. The Bertz CT molecular complexity index is 1210. The van der Waals surface area contributed by atoms with E-state index in [2.05, 4.69) is 147 Å². The summed E-state index contributed by atoms with van der Waals surface area (Å²) in [4.78, 5) is 1.12. The maximum absolute atomic E-state index is 5.01. The van der Waals surface area contributed by atoms with Gasteiger partial charge in [-0.1, -0.05) is 171 Å². The Morgan fingerprint density at radius 1 is 0.804 bits per heavy atom. The van der Waals surface area contributed by atoms with Gasteiger partial charge in [0, 0.05) is 0 Å². The van der Waals surface area contributed by atoms with Gasteiger partial charge in [-0.3, -0.25) is 0 Å². The number of rotatable bonds is 14. The number of hydrogen-bond donors (Lipinski definition) is 0. The largest absolute Gasteiger partial charge is 0.137 e. The van der Waals surface area contributed by atoms with Gasteiger partial charge in [0.05, 0.1) is 0 Å². The monoisotopic (exact) mass is 733 g/mol. The Balaban J connectivity index is -0.000000570. The van der Waals surface area contributed by atoms with Crippen LogP contribution in [0.2, 0.25) is 0 Å². The van der Waals surface area contributed by atoms with Crippen molar-refractivity contribution in [1.82, 2.24) is 0 Å². The summed E-state index contributed by atoms with van der Waals surface area (Å²) in [5.41, 5.74) is 11.1. The summed E-state index contributed by atoms with van der Waals surface area (Å²) >= 11 is 6.79. The number of allylic oxidation sites excluding steroid dienone is 7. The first kappa shape index (κ1) is 52.9. The van der Waals surface area contributed by atoms with Crippen molar-refractivity contribution in [2.45, 2.75) is 160 Å². The summed E-state index contributed by atoms with van der Waals surface area (Å²) in [6, 6.07) is 17.4. The molecule has 288 valence electrons. The molecule has 51 heavy (non-hydrogen) atoms. The van der Waals surface area contributed by atoms with E-state index < -0.39 is 0 Å². The third kappa shape index (κ3) is 30.9. The van der Waals surface area contributed by atoms with Crippen LogP contribution < -0.4 is 0 Å². The fraction of sp³-hybridized carbons (Fsp3) is 0.531. The number of thioether (sulfide) groups is 1. The molecule has 0 heterocycles. The summed E-state index contributed by atoms with van der Waals surface area (Å²) < 4.78 is 0. The summed E-state index contributed by atoms with van der Waals surface area (Å²) in [5, 5.41) is 2.24. The quantitative estimate of drug-likeness (QED) is 0.140. The van der Waals surface area contributed by atoms with Crippen LogP contribution in [0, 0.1) is 12.8 Å². The van der Waals surface area contributed by atoms with Crippen LogP contribution in [0.25, 0.3) is 5.57 Å². The molecule has 2 aromatic rings. The molecule has 0 amide bonds. The lowest BCUT2D eigenvalue weighted by atomic mass is 9.92. The average molecular weight is 733 g/mol. The van der Waals surface area contributed by atoms with Crippen molar-refractivity contribution in [3.63, 3.8) is 0 Å². The van der Waals surface area contributed by atoms with Gasteiger partial charge in [-0.15, -0.1) is 18.3 Å². The maximum atomic E-state index is 5.01. The minimum atomic E-state index is 0.787. The first-order chi connectivity index (χ1) is 24.4. The Morgan fingerprint density at radius 3 is 1.65 bits per heavy atom. The SMILES string of the molecule is C=C(C)C(CCC)CCC.C=C(C)CC.CC.CC(=S)CCC1=CCCC=C1.CC/C(=C/SC)c1ccccc1C.CCc1ccc(CC)cc1. The van der Waals surface area contributed by atoms with Gasteiger partial charge in [-0.25, -0.2) is 0 Å². The van der Waals surface area contributed by atoms with Crippen molar-refractivity contribution in [3.05, 3.63) is 124 Å². The van der Waals surface area contributed by atoms with Crippen molar-refractivity contribution < 1.29 is 0 Å². The van der Waals surface area contributed by atoms with E-state index in [0.717, 1.165) is 49.3 Å². The van der Waals surface area contributed by atoms with Gasteiger partial charge in [0.2, 0.25) is 0 Å². The molecule has 3 rings (SSSR count). The Hall–Kier alpha value is -2.42. The van der Waals surface area contributed by atoms with Crippen LogP contribution >= 0.6 is 24.0 Å². The van der Waals surface area contributed by atoms with E-state index in [0.29, 0.717) is 0 Å². The Kier molecular flexibility index (Phi) is 38.8. The molecule has 0 aromatic heterocycles. The third-order valence-electron chi connectivity index (χ3n) is 8.38. The lowest BCUT2D eigenvalue weighted by Gasteiger charge is -2.14. The van der Waals surface area contributed by atoms with Crippen LogP contribution in [0.3, 0.4) is 0 Å². The molecular weight excluding hydrogens is 653 g/mol. The van der Waals surface area contributed by atoms with Gasteiger partial charge >= 0.3 is 0 Å². The molecule has 2 heteroatoms. The highest BCUT2D eigenvalue weighted by Gasteiger charge is 2.05. The van der Waals surface area contributed by atoms with Crippen molar-refractivity contribution in [2.75, 3.05) is 6.26 Å². The summed E-state index contributed by atoms with van der Waals surface area (Å²) in [6.07, 6.45) is 23.2. The van der Waals surface area contributed by atoms with Crippen LogP contribution in [0.15, 0.2) is 102 Å². The molecule has 1 aliphatic carbocycles. The van der Waals surface area contributed by atoms with E-state index in [1.165, 1.54) is 83.1 Å². The fourth-order valence-corrected chi connectivity index (χ4v) is 5.61. The highest BCUT2D eigenvalue weighted by atomic mass is 32.2. The van der Waals surface area contributed by atoms with Gasteiger partial charge in [-0.2, -0.15) is 0 Å². The van der Waals surface area contributed by atoms with Crippen LogP contribution in [-0.2, 0) is 12.8 Å². The van der Waals surface area contributed by atoms with Crippen LogP contribution in [0.4, 0.5) is 0 Å². The molecule has 2 aromatic carbocycles. The number of hydrogen-bond acceptors (Lipinski definition) is 2. The third-order valence-corrected chi connectivity index (χ3v) is 9.11. The smallest absolute Gasteiger partial charge is 0.00992 e. The molecule has 0 nitrogen and oxygen atoms in total. The second-order valence-corrected chi connectivity index (χ2v) is 14.4. The fourth-order valence-electron chi connectivity index (χ4n) is 4.93. The zero-order valence-electron chi connectivity index (χ0n) is 35.7. The maximum Gasteiger partial charge on any atom is -0.00992 e. The van der Waals surface area contributed by atoms with Gasteiger partial charge in [0.1, 0.15) is 0 Å². The predicted molar refractivity (Wildman–Crippen MR) is 247 cm³/mol. The van der Waals surface area contributed by atoms with Gasteiger partial charge in [0.15, 0.2) is 0 Å². The number of aryl methyl sites for hydroxylation is 3.